The first-order valence-corrected chi connectivity index (χ1v) is 10.6. The Morgan fingerprint density at radius 3 is 2.42 bits per heavy atom. The number of carboxylic acid groups (broad SMARTS) is 1. The summed E-state index contributed by atoms with van der Waals surface area (Å²) in [6, 6.07) is 13.6. The highest BCUT2D eigenvalue weighted by Gasteiger charge is 2.26. The summed E-state index contributed by atoms with van der Waals surface area (Å²) in [5.41, 5.74) is 1.65. The summed E-state index contributed by atoms with van der Waals surface area (Å²) in [5.74, 6) is -0.779. The van der Waals surface area contributed by atoms with E-state index in [1.54, 1.807) is 54.6 Å². The first-order valence-electron chi connectivity index (χ1n) is 10.6. The molecule has 0 aliphatic carbocycles. The van der Waals surface area contributed by atoms with Crippen molar-refractivity contribution in [1.29, 1.82) is 0 Å². The number of nitrogens with one attached hydrogen (secondary N) is 1. The van der Waals surface area contributed by atoms with Crippen molar-refractivity contribution >= 4 is 23.5 Å². The first-order chi connectivity index (χ1) is 15.8. The fourth-order valence-electron chi connectivity index (χ4n) is 3.23. The van der Waals surface area contributed by atoms with Gasteiger partial charge in [-0.25, -0.2) is 9.59 Å². The summed E-state index contributed by atoms with van der Waals surface area (Å²) in [6.45, 7) is 3.29. The molecule has 2 aromatic carbocycles. The Morgan fingerprint density at radius 1 is 1.09 bits per heavy atom. The Balaban J connectivity index is 2.20. The molecule has 0 unspecified atom stereocenters. The maximum absolute atomic E-state index is 12.7. The van der Waals surface area contributed by atoms with Gasteiger partial charge in [-0.2, -0.15) is 0 Å². The molecule has 176 valence electrons. The summed E-state index contributed by atoms with van der Waals surface area (Å²) < 4.78 is 11.4. The van der Waals surface area contributed by atoms with E-state index in [0.29, 0.717) is 35.4 Å². The largest absolute Gasteiger partial charge is 0.491 e. The molecule has 3 N–H and O–H groups in total. The van der Waals surface area contributed by atoms with E-state index in [-0.39, 0.29) is 24.9 Å². The summed E-state index contributed by atoms with van der Waals surface area (Å²) in [7, 11) is 0. The average molecular weight is 456 g/mol. The third kappa shape index (κ3) is 8.42. The van der Waals surface area contributed by atoms with E-state index in [1.807, 2.05) is 6.92 Å². The van der Waals surface area contributed by atoms with Crippen LogP contribution in [0.1, 0.15) is 48.7 Å². The number of amides is 1. The quantitative estimate of drug-likeness (QED) is 0.316. The van der Waals surface area contributed by atoms with E-state index in [4.69, 9.17) is 19.7 Å². The van der Waals surface area contributed by atoms with Crippen LogP contribution in [0.15, 0.2) is 60.7 Å². The van der Waals surface area contributed by atoms with Crippen molar-refractivity contribution in [3.8, 4) is 5.75 Å². The Morgan fingerprint density at radius 2 is 1.79 bits per heavy atom. The van der Waals surface area contributed by atoms with Crippen LogP contribution >= 0.6 is 0 Å². The van der Waals surface area contributed by atoms with Crippen LogP contribution in [0.5, 0.6) is 5.75 Å². The Kier molecular flexibility index (Phi) is 10.1. The predicted octanol–water partition coefficient (Wildman–Crippen LogP) is 4.61. The Hall–Kier alpha value is -3.65. The fourth-order valence-corrected chi connectivity index (χ4v) is 3.23. The number of anilines is 1. The van der Waals surface area contributed by atoms with E-state index in [0.717, 1.165) is 6.08 Å². The minimum Gasteiger partial charge on any atom is -0.491 e. The van der Waals surface area contributed by atoms with Gasteiger partial charge >= 0.3 is 12.1 Å². The number of carbonyl (C=O) groups is 3. The minimum absolute atomic E-state index is 0.0746. The van der Waals surface area contributed by atoms with Gasteiger partial charge in [-0.1, -0.05) is 31.2 Å². The first kappa shape index (κ1) is 25.6. The van der Waals surface area contributed by atoms with Gasteiger partial charge in [0.15, 0.2) is 5.78 Å². The van der Waals surface area contributed by atoms with Gasteiger partial charge in [0.05, 0.1) is 6.61 Å². The standard InChI is InChI=1S/C25H29NO7/c1-17(7-3-6-10-23(29)30)24(21-8-4-5-9-22(21)32-16-15-27)33-25(31)26-20-13-11-19(12-14-20)18(2)28/h4-6,8-14,17,24,27H,3,7,15-16H2,1-2H3,(H,26,31)(H,29,30)/b10-6+/t17-,24+/m0/s1. The monoisotopic (exact) mass is 455 g/mol. The molecule has 0 saturated carbocycles. The van der Waals surface area contributed by atoms with E-state index >= 15 is 0 Å². The van der Waals surface area contributed by atoms with E-state index in [1.165, 1.54) is 6.92 Å². The molecule has 2 atom stereocenters. The van der Waals surface area contributed by atoms with Crippen LogP contribution in [0.3, 0.4) is 0 Å². The molecular formula is C25H29NO7. The van der Waals surface area contributed by atoms with Gasteiger partial charge in [-0.05, 0) is 56.0 Å². The number of carbonyl (C=O) groups excluding carboxylic acids is 2. The topological polar surface area (TPSA) is 122 Å². The van der Waals surface area contributed by atoms with Crippen molar-refractivity contribution in [2.45, 2.75) is 32.8 Å². The molecule has 0 aliphatic heterocycles. The molecule has 0 radical (unpaired) electrons. The molecule has 0 aliphatic rings. The third-order valence-electron chi connectivity index (χ3n) is 4.91. The number of aliphatic carboxylic acids is 1. The molecule has 0 fully saturated rings. The van der Waals surface area contributed by atoms with Crippen molar-refractivity contribution in [3.63, 3.8) is 0 Å². The molecule has 2 rings (SSSR count). The molecule has 33 heavy (non-hydrogen) atoms. The molecule has 0 bridgehead atoms. The smallest absolute Gasteiger partial charge is 0.412 e. The summed E-state index contributed by atoms with van der Waals surface area (Å²) in [6.07, 6.45) is 2.32. The molecule has 1 amide bonds. The molecular weight excluding hydrogens is 426 g/mol. The second-order valence-electron chi connectivity index (χ2n) is 7.49. The second-order valence-corrected chi connectivity index (χ2v) is 7.49. The van der Waals surface area contributed by atoms with Crippen LogP contribution in [0.4, 0.5) is 10.5 Å². The summed E-state index contributed by atoms with van der Waals surface area (Å²) in [5, 5.41) is 20.6. The number of aliphatic hydroxyl groups is 1. The lowest BCUT2D eigenvalue weighted by atomic mass is 9.92. The maximum Gasteiger partial charge on any atom is 0.412 e. The number of Topliss-reactive ketones (excluding diaryl/α,β-unsaturated/α-hetero) is 1. The molecule has 8 nitrogen and oxygen atoms in total. The van der Waals surface area contributed by atoms with Crippen LogP contribution in [0.25, 0.3) is 0 Å². The van der Waals surface area contributed by atoms with Crippen molar-refractivity contribution in [1.82, 2.24) is 0 Å². The van der Waals surface area contributed by atoms with Gasteiger partial charge < -0.3 is 19.7 Å². The molecule has 0 saturated heterocycles. The highest BCUT2D eigenvalue weighted by Crippen LogP contribution is 2.35. The number of hydrogen-bond acceptors (Lipinski definition) is 6. The van der Waals surface area contributed by atoms with Gasteiger partial charge in [-0.15, -0.1) is 0 Å². The molecule has 8 heteroatoms. The third-order valence-corrected chi connectivity index (χ3v) is 4.91. The predicted molar refractivity (Wildman–Crippen MR) is 123 cm³/mol. The van der Waals surface area contributed by atoms with Crippen molar-refractivity contribution in [2.24, 2.45) is 5.92 Å². The number of carboxylic acids is 1. The lowest BCUT2D eigenvalue weighted by molar-refractivity contribution is -0.131. The molecule has 2 aromatic rings. The number of ketones is 1. The van der Waals surface area contributed by atoms with Gasteiger partial charge in [0.1, 0.15) is 18.5 Å². The molecule has 0 aromatic heterocycles. The van der Waals surface area contributed by atoms with Crippen molar-refractivity contribution in [3.05, 3.63) is 71.8 Å². The van der Waals surface area contributed by atoms with Crippen LogP contribution < -0.4 is 10.1 Å². The van der Waals surface area contributed by atoms with Crippen LogP contribution in [-0.2, 0) is 9.53 Å². The van der Waals surface area contributed by atoms with Crippen molar-refractivity contribution < 1.29 is 34.1 Å². The molecule has 0 heterocycles. The maximum atomic E-state index is 12.7. The van der Waals surface area contributed by atoms with E-state index in [9.17, 15) is 14.4 Å². The number of ether oxygens (including phenoxy) is 2. The lowest BCUT2D eigenvalue weighted by Crippen LogP contribution is -2.22. The number of para-hydroxylation sites is 1. The summed E-state index contributed by atoms with van der Waals surface area (Å²) in [4.78, 5) is 34.8. The summed E-state index contributed by atoms with van der Waals surface area (Å²) >= 11 is 0. The number of aliphatic hydroxyl groups excluding tert-OH is 1. The number of benzene rings is 2. The average Bonchev–Trinajstić information content (AvgIpc) is 2.79. The zero-order valence-electron chi connectivity index (χ0n) is 18.7. The van der Waals surface area contributed by atoms with Crippen LogP contribution in [0, 0.1) is 5.92 Å². The van der Waals surface area contributed by atoms with Gasteiger partial charge in [0, 0.05) is 22.9 Å². The number of allylic oxidation sites excluding steroid dienone is 1. The van der Waals surface area contributed by atoms with Gasteiger partial charge in [0.25, 0.3) is 0 Å². The zero-order chi connectivity index (χ0) is 24.2. The van der Waals surface area contributed by atoms with Crippen LogP contribution in [0.2, 0.25) is 0 Å². The van der Waals surface area contributed by atoms with E-state index < -0.39 is 18.2 Å². The van der Waals surface area contributed by atoms with Crippen molar-refractivity contribution in [2.75, 3.05) is 18.5 Å². The minimum atomic E-state index is -1.02. The van der Waals surface area contributed by atoms with Gasteiger partial charge in [-0.3, -0.25) is 10.1 Å². The highest BCUT2D eigenvalue weighted by atomic mass is 16.6. The normalized spacial score (nSPS) is 12.7. The molecule has 0 spiro atoms. The van der Waals surface area contributed by atoms with Crippen LogP contribution in [-0.4, -0.2) is 41.3 Å². The second kappa shape index (κ2) is 13.0. The lowest BCUT2D eigenvalue weighted by Gasteiger charge is -2.26. The van der Waals surface area contributed by atoms with Gasteiger partial charge in [0.2, 0.25) is 0 Å². The number of rotatable bonds is 12. The number of hydrogen-bond donors (Lipinski definition) is 3. The highest BCUT2D eigenvalue weighted by molar-refractivity contribution is 5.95. The zero-order valence-corrected chi connectivity index (χ0v) is 18.7. The Bertz CT molecular complexity index is 969. The Labute approximate surface area is 192 Å². The fraction of sp³-hybridized carbons (Fsp3) is 0.320. The SMILES string of the molecule is CC(=O)c1ccc(NC(=O)O[C@@H](c2ccccc2OCCO)[C@@H](C)CC/C=C/C(=O)O)cc1. The van der Waals surface area contributed by atoms with E-state index in [2.05, 4.69) is 5.32 Å².